The Morgan fingerprint density at radius 1 is 0.879 bits per heavy atom. The lowest BCUT2D eigenvalue weighted by atomic mass is 9.93. The van der Waals surface area contributed by atoms with Crippen LogP contribution in [0.5, 0.6) is 5.75 Å². The third kappa shape index (κ3) is 4.53. The molecule has 0 N–H and O–H groups in total. The molecule has 6 heteroatoms. The fourth-order valence-corrected chi connectivity index (χ4v) is 4.67. The number of esters is 2. The van der Waals surface area contributed by atoms with Gasteiger partial charge in [0.15, 0.2) is 0 Å². The van der Waals surface area contributed by atoms with E-state index in [0.717, 1.165) is 40.1 Å². The molecule has 5 rings (SSSR count). The summed E-state index contributed by atoms with van der Waals surface area (Å²) in [6, 6.07) is 19.5. The van der Waals surface area contributed by atoms with E-state index in [1.807, 2.05) is 60.7 Å². The Morgan fingerprint density at radius 3 is 2.30 bits per heavy atom. The van der Waals surface area contributed by atoms with Gasteiger partial charge in [-0.05, 0) is 53.5 Å². The molecule has 1 saturated carbocycles. The van der Waals surface area contributed by atoms with Crippen molar-refractivity contribution in [3.8, 4) is 5.75 Å². The van der Waals surface area contributed by atoms with Crippen LogP contribution in [0.1, 0.15) is 43.2 Å². The summed E-state index contributed by atoms with van der Waals surface area (Å²) in [5.41, 5.74) is 1.53. The van der Waals surface area contributed by atoms with Crippen molar-refractivity contribution in [3.05, 3.63) is 81.8 Å². The number of benzene rings is 3. The lowest BCUT2D eigenvalue weighted by molar-refractivity contribution is -0.244. The standard InChI is InChI=1S/C27H23BrO5/c28-20-11-8-18(9-12-20)17-31-24-13-10-19-6-2-3-7-21(19)22(24)16-23-25(29)32-27(33-26(23)30)14-4-1-5-15-27/h2-3,6-13,16H,1,4-5,14-15,17H2. The molecule has 1 saturated heterocycles. The van der Waals surface area contributed by atoms with E-state index in [1.165, 1.54) is 0 Å². The van der Waals surface area contributed by atoms with Crippen LogP contribution in [0.2, 0.25) is 0 Å². The molecule has 1 aliphatic heterocycles. The van der Waals surface area contributed by atoms with Crippen LogP contribution in [0.15, 0.2) is 70.7 Å². The molecule has 0 bridgehead atoms. The van der Waals surface area contributed by atoms with Crippen molar-refractivity contribution in [2.24, 2.45) is 0 Å². The van der Waals surface area contributed by atoms with Crippen LogP contribution >= 0.6 is 15.9 Å². The molecule has 33 heavy (non-hydrogen) atoms. The van der Waals surface area contributed by atoms with Gasteiger partial charge in [-0.2, -0.15) is 0 Å². The minimum atomic E-state index is -1.11. The van der Waals surface area contributed by atoms with Crippen LogP contribution in [0.4, 0.5) is 0 Å². The minimum absolute atomic E-state index is 0.115. The zero-order chi connectivity index (χ0) is 22.8. The molecule has 3 aromatic rings. The van der Waals surface area contributed by atoms with Crippen LogP contribution in [0, 0.1) is 0 Å². The summed E-state index contributed by atoms with van der Waals surface area (Å²) >= 11 is 3.44. The third-order valence-corrected chi connectivity index (χ3v) is 6.67. The fourth-order valence-electron chi connectivity index (χ4n) is 4.40. The van der Waals surface area contributed by atoms with Crippen LogP contribution < -0.4 is 4.74 Å². The van der Waals surface area contributed by atoms with Crippen molar-refractivity contribution in [1.29, 1.82) is 0 Å². The Morgan fingerprint density at radius 2 is 1.58 bits per heavy atom. The van der Waals surface area contributed by atoms with Gasteiger partial charge >= 0.3 is 11.9 Å². The number of hydrogen-bond acceptors (Lipinski definition) is 5. The molecule has 1 heterocycles. The number of halogens is 1. The number of hydrogen-bond donors (Lipinski definition) is 0. The van der Waals surface area contributed by atoms with E-state index in [0.29, 0.717) is 30.8 Å². The Balaban J connectivity index is 1.50. The summed E-state index contributed by atoms with van der Waals surface area (Å²) in [6.45, 7) is 0.347. The van der Waals surface area contributed by atoms with Gasteiger partial charge in [-0.25, -0.2) is 9.59 Å². The van der Waals surface area contributed by atoms with Crippen LogP contribution in [-0.2, 0) is 25.7 Å². The zero-order valence-corrected chi connectivity index (χ0v) is 19.6. The molecular weight excluding hydrogens is 484 g/mol. The summed E-state index contributed by atoms with van der Waals surface area (Å²) < 4.78 is 18.5. The van der Waals surface area contributed by atoms with Crippen molar-refractivity contribution < 1.29 is 23.8 Å². The molecule has 2 fully saturated rings. The highest BCUT2D eigenvalue weighted by molar-refractivity contribution is 9.10. The highest BCUT2D eigenvalue weighted by Crippen LogP contribution is 2.38. The second-order valence-electron chi connectivity index (χ2n) is 8.42. The first kappa shape index (κ1) is 21.7. The van der Waals surface area contributed by atoms with E-state index >= 15 is 0 Å². The molecule has 1 spiro atoms. The van der Waals surface area contributed by atoms with E-state index in [2.05, 4.69) is 15.9 Å². The van der Waals surface area contributed by atoms with Crippen molar-refractivity contribution in [2.75, 3.05) is 0 Å². The van der Waals surface area contributed by atoms with Crippen LogP contribution in [-0.4, -0.2) is 17.7 Å². The van der Waals surface area contributed by atoms with E-state index in [-0.39, 0.29) is 5.57 Å². The monoisotopic (exact) mass is 506 g/mol. The Bertz CT molecular complexity index is 1220. The van der Waals surface area contributed by atoms with E-state index in [9.17, 15) is 9.59 Å². The van der Waals surface area contributed by atoms with Gasteiger partial charge in [-0.1, -0.05) is 64.8 Å². The number of rotatable bonds is 4. The average molecular weight is 507 g/mol. The van der Waals surface area contributed by atoms with E-state index in [1.54, 1.807) is 6.08 Å². The Kier molecular flexibility index (Phi) is 5.94. The van der Waals surface area contributed by atoms with Gasteiger partial charge in [0.1, 0.15) is 17.9 Å². The number of ether oxygens (including phenoxy) is 3. The summed E-state index contributed by atoms with van der Waals surface area (Å²) in [7, 11) is 0. The predicted molar refractivity (Wildman–Crippen MR) is 128 cm³/mol. The SMILES string of the molecule is O=C1OC2(CCCCC2)OC(=O)C1=Cc1c(OCc2ccc(Br)cc2)ccc2ccccc12. The van der Waals surface area contributed by atoms with Gasteiger partial charge < -0.3 is 14.2 Å². The fraction of sp³-hybridized carbons (Fsp3) is 0.259. The topological polar surface area (TPSA) is 61.8 Å². The summed E-state index contributed by atoms with van der Waals surface area (Å²) in [4.78, 5) is 25.8. The van der Waals surface area contributed by atoms with E-state index in [4.69, 9.17) is 14.2 Å². The normalized spacial score (nSPS) is 17.5. The molecular formula is C27H23BrO5. The largest absolute Gasteiger partial charge is 0.488 e. The molecule has 5 nitrogen and oxygen atoms in total. The molecule has 0 unspecified atom stereocenters. The second kappa shape index (κ2) is 9.02. The van der Waals surface area contributed by atoms with Crippen molar-refractivity contribution in [1.82, 2.24) is 0 Å². The van der Waals surface area contributed by atoms with Crippen molar-refractivity contribution >= 4 is 44.7 Å². The smallest absolute Gasteiger partial charge is 0.348 e. The maximum atomic E-state index is 12.9. The molecule has 0 radical (unpaired) electrons. The maximum Gasteiger partial charge on any atom is 0.348 e. The second-order valence-corrected chi connectivity index (χ2v) is 9.34. The lowest BCUT2D eigenvalue weighted by Gasteiger charge is -2.38. The molecule has 1 aliphatic carbocycles. The minimum Gasteiger partial charge on any atom is -0.488 e. The maximum absolute atomic E-state index is 12.9. The predicted octanol–water partition coefficient (Wildman–Crippen LogP) is 6.33. The summed E-state index contributed by atoms with van der Waals surface area (Å²) in [6.07, 6.45) is 5.43. The molecule has 0 aromatic heterocycles. The first-order valence-corrected chi connectivity index (χ1v) is 11.9. The zero-order valence-electron chi connectivity index (χ0n) is 18.0. The van der Waals surface area contributed by atoms with Gasteiger partial charge in [-0.15, -0.1) is 0 Å². The lowest BCUT2D eigenvalue weighted by Crippen LogP contribution is -2.47. The first-order valence-electron chi connectivity index (χ1n) is 11.1. The molecule has 0 amide bonds. The van der Waals surface area contributed by atoms with Gasteiger partial charge in [0.25, 0.3) is 5.79 Å². The van der Waals surface area contributed by atoms with Crippen LogP contribution in [0.3, 0.4) is 0 Å². The van der Waals surface area contributed by atoms with Crippen molar-refractivity contribution in [2.45, 2.75) is 44.5 Å². The quantitative estimate of drug-likeness (QED) is 0.235. The highest BCUT2D eigenvalue weighted by atomic mass is 79.9. The van der Waals surface area contributed by atoms with Crippen molar-refractivity contribution in [3.63, 3.8) is 0 Å². The van der Waals surface area contributed by atoms with Crippen LogP contribution in [0.25, 0.3) is 16.8 Å². The molecule has 3 aromatic carbocycles. The van der Waals surface area contributed by atoms with Gasteiger partial charge in [0, 0.05) is 22.9 Å². The summed E-state index contributed by atoms with van der Waals surface area (Å²) in [5.74, 6) is -1.81. The highest BCUT2D eigenvalue weighted by Gasteiger charge is 2.46. The number of carbonyl (C=O) groups excluding carboxylic acids is 2. The van der Waals surface area contributed by atoms with Gasteiger partial charge in [0.2, 0.25) is 0 Å². The first-order chi connectivity index (χ1) is 16.0. The average Bonchev–Trinajstić information content (AvgIpc) is 2.82. The molecule has 168 valence electrons. The Labute approximate surface area is 200 Å². The van der Waals surface area contributed by atoms with Gasteiger partial charge in [0.05, 0.1) is 0 Å². The molecule has 2 aliphatic rings. The molecule has 0 atom stereocenters. The Hall–Kier alpha value is -3.12. The van der Waals surface area contributed by atoms with Gasteiger partial charge in [-0.3, -0.25) is 0 Å². The number of carbonyl (C=O) groups is 2. The van der Waals surface area contributed by atoms with E-state index < -0.39 is 17.7 Å². The summed E-state index contributed by atoms with van der Waals surface area (Å²) in [5, 5.41) is 1.85. The third-order valence-electron chi connectivity index (χ3n) is 6.14. The number of fused-ring (bicyclic) bond motifs is 1.